The Kier molecular flexibility index (Phi) is 3.34. The van der Waals surface area contributed by atoms with Crippen molar-refractivity contribution in [2.75, 3.05) is 0 Å². The van der Waals surface area contributed by atoms with Gasteiger partial charge in [-0.05, 0) is 36.2 Å². The molecule has 2 aromatic rings. The summed E-state index contributed by atoms with van der Waals surface area (Å²) in [5.74, 6) is 5.99. The first-order chi connectivity index (χ1) is 7.79. The highest BCUT2D eigenvalue weighted by Gasteiger charge is 2.12. The number of hydrogen-bond donors (Lipinski definition) is 2. The van der Waals surface area contributed by atoms with E-state index in [-0.39, 0.29) is 11.9 Å². The molecule has 0 radical (unpaired) electrons. The van der Waals surface area contributed by atoms with Crippen molar-refractivity contribution < 1.29 is 8.81 Å². The molecule has 1 aromatic carbocycles. The first-order valence-corrected chi connectivity index (χ1v) is 5.03. The topological polar surface area (TPSA) is 51.2 Å². The molecular weight excluding hydrogens is 207 g/mol. The maximum atomic E-state index is 12.7. The smallest absolute Gasteiger partial charge is 0.123 e. The zero-order valence-corrected chi connectivity index (χ0v) is 8.69. The van der Waals surface area contributed by atoms with E-state index in [0.29, 0.717) is 6.42 Å². The number of nitrogens with two attached hydrogens (primary N) is 1. The van der Waals surface area contributed by atoms with Gasteiger partial charge in [0.1, 0.15) is 11.6 Å². The van der Waals surface area contributed by atoms with E-state index in [1.54, 1.807) is 18.4 Å². The molecule has 0 amide bonds. The summed E-state index contributed by atoms with van der Waals surface area (Å²) in [5, 5.41) is 0. The Labute approximate surface area is 93.0 Å². The minimum Gasteiger partial charge on any atom is -0.468 e. The van der Waals surface area contributed by atoms with Gasteiger partial charge in [0, 0.05) is 0 Å². The van der Waals surface area contributed by atoms with E-state index in [2.05, 4.69) is 5.43 Å². The number of furan rings is 1. The predicted molar refractivity (Wildman–Crippen MR) is 58.9 cm³/mol. The van der Waals surface area contributed by atoms with Gasteiger partial charge in [-0.15, -0.1) is 0 Å². The van der Waals surface area contributed by atoms with Gasteiger partial charge in [0.25, 0.3) is 0 Å². The molecule has 0 bridgehead atoms. The summed E-state index contributed by atoms with van der Waals surface area (Å²) >= 11 is 0. The van der Waals surface area contributed by atoms with Crippen LogP contribution in [0.3, 0.4) is 0 Å². The third-order valence-corrected chi connectivity index (χ3v) is 2.44. The minimum absolute atomic E-state index is 0.0968. The van der Waals surface area contributed by atoms with Crippen LogP contribution < -0.4 is 11.3 Å². The summed E-state index contributed by atoms with van der Waals surface area (Å²) in [5.41, 5.74) is 3.68. The van der Waals surface area contributed by atoms with Crippen LogP contribution in [0.25, 0.3) is 0 Å². The Morgan fingerprint density at radius 3 is 2.56 bits per heavy atom. The SMILES string of the molecule is NNC(Cc1ccc(F)cc1)c1ccco1. The number of halogens is 1. The van der Waals surface area contributed by atoms with E-state index >= 15 is 0 Å². The lowest BCUT2D eigenvalue weighted by Crippen LogP contribution is -2.29. The van der Waals surface area contributed by atoms with Gasteiger partial charge in [0.05, 0.1) is 12.3 Å². The highest BCUT2D eigenvalue weighted by molar-refractivity contribution is 5.19. The second-order valence-corrected chi connectivity index (χ2v) is 3.57. The van der Waals surface area contributed by atoms with E-state index in [4.69, 9.17) is 10.3 Å². The molecule has 3 nitrogen and oxygen atoms in total. The average molecular weight is 220 g/mol. The second-order valence-electron chi connectivity index (χ2n) is 3.57. The molecule has 2 rings (SSSR count). The molecule has 1 aromatic heterocycles. The Morgan fingerprint density at radius 1 is 1.25 bits per heavy atom. The minimum atomic E-state index is -0.237. The van der Waals surface area contributed by atoms with Crippen LogP contribution in [0.4, 0.5) is 4.39 Å². The van der Waals surface area contributed by atoms with E-state index in [1.165, 1.54) is 12.1 Å². The molecule has 1 unspecified atom stereocenters. The van der Waals surface area contributed by atoms with E-state index in [0.717, 1.165) is 11.3 Å². The van der Waals surface area contributed by atoms with Crippen LogP contribution >= 0.6 is 0 Å². The Balaban J connectivity index is 2.10. The molecule has 16 heavy (non-hydrogen) atoms. The van der Waals surface area contributed by atoms with Crippen LogP contribution in [0, 0.1) is 5.82 Å². The zero-order chi connectivity index (χ0) is 11.4. The van der Waals surface area contributed by atoms with Gasteiger partial charge in [-0.2, -0.15) is 0 Å². The Morgan fingerprint density at radius 2 is 2.00 bits per heavy atom. The van der Waals surface area contributed by atoms with Gasteiger partial charge in [0.15, 0.2) is 0 Å². The standard InChI is InChI=1S/C12H13FN2O/c13-10-5-3-9(4-6-10)8-11(15-14)12-2-1-7-16-12/h1-7,11,15H,8,14H2. The lowest BCUT2D eigenvalue weighted by Gasteiger charge is -2.13. The highest BCUT2D eigenvalue weighted by Crippen LogP contribution is 2.18. The molecule has 1 atom stereocenters. The van der Waals surface area contributed by atoms with Crippen molar-refractivity contribution in [3.05, 3.63) is 59.8 Å². The van der Waals surface area contributed by atoms with Crippen LogP contribution in [0.2, 0.25) is 0 Å². The van der Waals surface area contributed by atoms with Gasteiger partial charge in [-0.1, -0.05) is 12.1 Å². The van der Waals surface area contributed by atoms with Crippen molar-refractivity contribution in [2.45, 2.75) is 12.5 Å². The van der Waals surface area contributed by atoms with Gasteiger partial charge in [-0.25, -0.2) is 9.82 Å². The molecule has 0 saturated carbocycles. The van der Waals surface area contributed by atoms with E-state index in [1.807, 2.05) is 12.1 Å². The monoisotopic (exact) mass is 220 g/mol. The van der Waals surface area contributed by atoms with Crippen molar-refractivity contribution in [3.63, 3.8) is 0 Å². The van der Waals surface area contributed by atoms with Gasteiger partial charge >= 0.3 is 0 Å². The summed E-state index contributed by atoms with van der Waals surface area (Å²) in [6.45, 7) is 0. The summed E-state index contributed by atoms with van der Waals surface area (Å²) in [6, 6.07) is 9.92. The van der Waals surface area contributed by atoms with Crippen molar-refractivity contribution in [1.82, 2.24) is 5.43 Å². The van der Waals surface area contributed by atoms with Crippen LogP contribution in [0.5, 0.6) is 0 Å². The third-order valence-electron chi connectivity index (χ3n) is 2.44. The van der Waals surface area contributed by atoms with Gasteiger partial charge in [-0.3, -0.25) is 5.84 Å². The van der Waals surface area contributed by atoms with Crippen molar-refractivity contribution in [1.29, 1.82) is 0 Å². The van der Waals surface area contributed by atoms with Crippen LogP contribution in [0.15, 0.2) is 47.1 Å². The molecule has 0 spiro atoms. The molecule has 0 aliphatic rings. The third kappa shape index (κ3) is 2.48. The van der Waals surface area contributed by atoms with Crippen molar-refractivity contribution in [2.24, 2.45) is 5.84 Å². The fourth-order valence-electron chi connectivity index (χ4n) is 1.59. The lowest BCUT2D eigenvalue weighted by atomic mass is 10.0. The molecule has 1 heterocycles. The van der Waals surface area contributed by atoms with Crippen molar-refractivity contribution in [3.8, 4) is 0 Å². The largest absolute Gasteiger partial charge is 0.468 e. The number of hydrazine groups is 1. The summed E-state index contributed by atoms with van der Waals surface area (Å²) < 4.78 is 18.0. The zero-order valence-electron chi connectivity index (χ0n) is 8.69. The molecule has 0 saturated heterocycles. The Hall–Kier alpha value is -1.65. The number of benzene rings is 1. The number of nitrogens with one attached hydrogen (secondary N) is 1. The van der Waals surface area contributed by atoms with Crippen molar-refractivity contribution >= 4 is 0 Å². The predicted octanol–water partition coefficient (Wildman–Crippen LogP) is 2.17. The molecule has 4 heteroatoms. The number of rotatable bonds is 4. The fraction of sp³-hybridized carbons (Fsp3) is 0.167. The quantitative estimate of drug-likeness (QED) is 0.613. The highest BCUT2D eigenvalue weighted by atomic mass is 19.1. The second kappa shape index (κ2) is 4.92. The first kappa shape index (κ1) is 10.9. The van der Waals surface area contributed by atoms with E-state index in [9.17, 15) is 4.39 Å². The summed E-state index contributed by atoms with van der Waals surface area (Å²) in [4.78, 5) is 0. The maximum Gasteiger partial charge on any atom is 0.123 e. The fourth-order valence-corrected chi connectivity index (χ4v) is 1.59. The molecule has 0 aliphatic carbocycles. The molecule has 84 valence electrons. The molecule has 0 aliphatic heterocycles. The summed E-state index contributed by atoms with van der Waals surface area (Å²) in [6.07, 6.45) is 2.26. The molecule has 3 N–H and O–H groups in total. The van der Waals surface area contributed by atoms with E-state index < -0.39 is 0 Å². The van der Waals surface area contributed by atoms with Gasteiger partial charge in [0.2, 0.25) is 0 Å². The van der Waals surface area contributed by atoms with Gasteiger partial charge < -0.3 is 4.42 Å². The normalized spacial score (nSPS) is 12.6. The number of hydrogen-bond acceptors (Lipinski definition) is 3. The molecule has 0 fully saturated rings. The van der Waals surface area contributed by atoms with Crippen LogP contribution in [-0.2, 0) is 6.42 Å². The first-order valence-electron chi connectivity index (χ1n) is 5.03. The lowest BCUT2D eigenvalue weighted by molar-refractivity contribution is 0.416. The van der Waals surface area contributed by atoms with Crippen LogP contribution in [-0.4, -0.2) is 0 Å². The maximum absolute atomic E-state index is 12.7. The Bertz CT molecular complexity index is 425. The molecular formula is C12H13FN2O. The summed E-state index contributed by atoms with van der Waals surface area (Å²) in [7, 11) is 0. The average Bonchev–Trinajstić information content (AvgIpc) is 2.82. The van der Waals surface area contributed by atoms with Crippen LogP contribution in [0.1, 0.15) is 17.4 Å².